The summed E-state index contributed by atoms with van der Waals surface area (Å²) in [4.78, 5) is 28.1. The number of ether oxygens (including phenoxy) is 1. The van der Waals surface area contributed by atoms with Crippen LogP contribution in [0.5, 0.6) is 0 Å². The van der Waals surface area contributed by atoms with Crippen molar-refractivity contribution < 1.29 is 19.0 Å². The molecule has 2 N–H and O–H groups in total. The molecule has 1 saturated heterocycles. The van der Waals surface area contributed by atoms with Crippen molar-refractivity contribution in [2.24, 2.45) is 0 Å². The first kappa shape index (κ1) is 18.2. The van der Waals surface area contributed by atoms with Gasteiger partial charge in [-0.2, -0.15) is 4.98 Å². The lowest BCUT2D eigenvalue weighted by molar-refractivity contribution is -0.0944. The minimum atomic E-state index is -1.76. The minimum Gasteiger partial charge on any atom is -0.387 e. The fourth-order valence-electron chi connectivity index (χ4n) is 2.86. The van der Waals surface area contributed by atoms with E-state index in [-0.39, 0.29) is 5.82 Å². The molecule has 1 unspecified atom stereocenters. The second-order valence-corrected chi connectivity index (χ2v) is 6.39. The quantitative estimate of drug-likeness (QED) is 0.867. The van der Waals surface area contributed by atoms with Crippen LogP contribution in [0.15, 0.2) is 47.4 Å². The summed E-state index contributed by atoms with van der Waals surface area (Å²) >= 11 is 0. The number of aliphatic hydroxyl groups is 1. The van der Waals surface area contributed by atoms with E-state index >= 15 is 0 Å². The highest BCUT2D eigenvalue weighted by molar-refractivity contribution is 6.03. The van der Waals surface area contributed by atoms with Gasteiger partial charge in [-0.15, -0.1) is 0 Å². The Bertz CT molecular complexity index is 857. The van der Waals surface area contributed by atoms with Crippen LogP contribution in [0.4, 0.5) is 10.2 Å². The largest absolute Gasteiger partial charge is 0.387 e. The lowest BCUT2D eigenvalue weighted by Crippen LogP contribution is -2.38. The molecule has 2 aromatic rings. The summed E-state index contributed by atoms with van der Waals surface area (Å²) in [7, 11) is 0. The van der Waals surface area contributed by atoms with E-state index in [1.54, 1.807) is 44.2 Å². The van der Waals surface area contributed by atoms with Gasteiger partial charge in [0.25, 0.3) is 5.91 Å². The Labute approximate surface area is 149 Å². The van der Waals surface area contributed by atoms with E-state index in [0.29, 0.717) is 12.0 Å². The lowest BCUT2D eigenvalue weighted by Gasteiger charge is -2.25. The standard InChI is InChI=1S/C18H20FN3O4/c1-3-18(2)14(23)13(19)16(26-18)22-10-9-12(21-17(22)25)20-15(24)11-7-5-4-6-8-11/h4-10,13-14,16,23H,3H2,1-2H3,(H,20,21,24,25)/t13-,14?,16+,18+/m0/s1. The van der Waals surface area contributed by atoms with E-state index < -0.39 is 35.7 Å². The van der Waals surface area contributed by atoms with Crippen LogP contribution < -0.4 is 11.0 Å². The maximum absolute atomic E-state index is 14.4. The Morgan fingerprint density at radius 1 is 1.38 bits per heavy atom. The molecule has 1 aliphatic heterocycles. The molecule has 0 radical (unpaired) electrons. The van der Waals surface area contributed by atoms with Crippen molar-refractivity contribution >= 4 is 11.7 Å². The third-order valence-electron chi connectivity index (χ3n) is 4.67. The molecule has 1 aromatic heterocycles. The van der Waals surface area contributed by atoms with E-state index in [1.165, 1.54) is 12.3 Å². The van der Waals surface area contributed by atoms with Gasteiger partial charge < -0.3 is 15.2 Å². The molecule has 3 rings (SSSR count). The first-order valence-electron chi connectivity index (χ1n) is 8.31. The van der Waals surface area contributed by atoms with E-state index in [1.807, 2.05) is 0 Å². The number of benzene rings is 1. The number of aliphatic hydroxyl groups excluding tert-OH is 1. The molecule has 26 heavy (non-hydrogen) atoms. The second-order valence-electron chi connectivity index (χ2n) is 6.39. The van der Waals surface area contributed by atoms with Crippen LogP contribution >= 0.6 is 0 Å². The van der Waals surface area contributed by atoms with Crippen LogP contribution in [0.2, 0.25) is 0 Å². The van der Waals surface area contributed by atoms with Gasteiger partial charge in [-0.1, -0.05) is 25.1 Å². The van der Waals surface area contributed by atoms with Crippen LogP contribution in [0.1, 0.15) is 36.9 Å². The van der Waals surface area contributed by atoms with Crippen molar-refractivity contribution in [2.75, 3.05) is 5.32 Å². The van der Waals surface area contributed by atoms with Gasteiger partial charge in [-0.3, -0.25) is 9.36 Å². The summed E-state index contributed by atoms with van der Waals surface area (Å²) in [5.41, 5.74) is -1.44. The zero-order chi connectivity index (χ0) is 18.9. The minimum absolute atomic E-state index is 0.0484. The van der Waals surface area contributed by atoms with Crippen LogP contribution in [0, 0.1) is 0 Å². The number of aromatic nitrogens is 2. The molecule has 138 valence electrons. The Morgan fingerprint density at radius 3 is 2.65 bits per heavy atom. The average Bonchev–Trinajstić information content (AvgIpc) is 2.87. The third-order valence-corrected chi connectivity index (χ3v) is 4.67. The van der Waals surface area contributed by atoms with E-state index in [4.69, 9.17) is 4.74 Å². The molecule has 0 spiro atoms. The molecule has 1 fully saturated rings. The van der Waals surface area contributed by atoms with Crippen molar-refractivity contribution in [1.82, 2.24) is 9.55 Å². The van der Waals surface area contributed by atoms with Crippen molar-refractivity contribution in [1.29, 1.82) is 0 Å². The smallest absolute Gasteiger partial charge is 0.351 e. The number of nitrogens with zero attached hydrogens (tertiary/aromatic N) is 2. The summed E-state index contributed by atoms with van der Waals surface area (Å²) in [6, 6.07) is 9.85. The number of amides is 1. The Morgan fingerprint density at radius 2 is 2.08 bits per heavy atom. The van der Waals surface area contributed by atoms with Crippen molar-refractivity contribution in [3.8, 4) is 0 Å². The summed E-state index contributed by atoms with van der Waals surface area (Å²) in [6.45, 7) is 3.36. The molecule has 0 saturated carbocycles. The zero-order valence-electron chi connectivity index (χ0n) is 14.4. The van der Waals surface area contributed by atoms with E-state index in [9.17, 15) is 19.1 Å². The molecule has 0 bridgehead atoms. The number of alkyl halides is 1. The summed E-state index contributed by atoms with van der Waals surface area (Å²) in [5, 5.41) is 12.6. The number of hydrogen-bond acceptors (Lipinski definition) is 5. The van der Waals surface area contributed by atoms with Crippen molar-refractivity contribution in [3.63, 3.8) is 0 Å². The lowest BCUT2D eigenvalue weighted by atomic mass is 9.95. The number of anilines is 1. The number of rotatable bonds is 4. The van der Waals surface area contributed by atoms with Crippen molar-refractivity contribution in [3.05, 3.63) is 58.6 Å². The topological polar surface area (TPSA) is 93.5 Å². The van der Waals surface area contributed by atoms with Crippen LogP contribution in [0.25, 0.3) is 0 Å². The summed E-state index contributed by atoms with van der Waals surface area (Å²) in [5.74, 6) is -0.364. The third kappa shape index (κ3) is 3.25. The molecule has 2 heterocycles. The van der Waals surface area contributed by atoms with E-state index in [2.05, 4.69) is 10.3 Å². The summed E-state index contributed by atoms with van der Waals surface area (Å²) < 4.78 is 21.0. The Hall–Kier alpha value is -2.58. The molecule has 8 heteroatoms. The molecule has 1 amide bonds. The van der Waals surface area contributed by atoms with Gasteiger partial charge in [-0.05, 0) is 31.5 Å². The normalized spacial score (nSPS) is 28.1. The van der Waals surface area contributed by atoms with Crippen LogP contribution in [-0.2, 0) is 4.74 Å². The van der Waals surface area contributed by atoms with Gasteiger partial charge in [0, 0.05) is 11.8 Å². The SMILES string of the molecule is CC[C@@]1(C)O[C@@H](n2ccc(NC(=O)c3ccccc3)nc2=O)[C@@H](F)C1O. The molecule has 4 atom stereocenters. The Balaban J connectivity index is 1.80. The number of carbonyl (C=O) groups excluding carboxylic acids is 1. The van der Waals surface area contributed by atoms with Gasteiger partial charge in [0.1, 0.15) is 11.9 Å². The number of hydrogen-bond donors (Lipinski definition) is 2. The first-order chi connectivity index (χ1) is 12.4. The Kier molecular flexibility index (Phi) is 4.88. The highest BCUT2D eigenvalue weighted by atomic mass is 19.1. The van der Waals surface area contributed by atoms with Gasteiger partial charge in [0.2, 0.25) is 0 Å². The van der Waals surface area contributed by atoms with Gasteiger partial charge >= 0.3 is 5.69 Å². The fourth-order valence-corrected chi connectivity index (χ4v) is 2.86. The van der Waals surface area contributed by atoms with Crippen LogP contribution in [-0.4, -0.2) is 38.4 Å². The number of nitrogens with one attached hydrogen (secondary N) is 1. The van der Waals surface area contributed by atoms with Gasteiger partial charge in [0.15, 0.2) is 12.4 Å². The zero-order valence-corrected chi connectivity index (χ0v) is 14.4. The molecule has 7 nitrogen and oxygen atoms in total. The highest BCUT2D eigenvalue weighted by Gasteiger charge is 2.52. The summed E-state index contributed by atoms with van der Waals surface area (Å²) in [6.07, 6.45) is -2.69. The fraction of sp³-hybridized carbons (Fsp3) is 0.389. The van der Waals surface area contributed by atoms with E-state index in [0.717, 1.165) is 4.57 Å². The maximum Gasteiger partial charge on any atom is 0.351 e. The number of halogens is 1. The molecular formula is C18H20FN3O4. The van der Waals surface area contributed by atoms with Gasteiger partial charge in [0.05, 0.1) is 5.60 Å². The number of carbonyl (C=O) groups is 1. The van der Waals surface area contributed by atoms with Crippen molar-refractivity contribution in [2.45, 2.75) is 44.4 Å². The van der Waals surface area contributed by atoms with Crippen LogP contribution in [0.3, 0.4) is 0 Å². The average molecular weight is 361 g/mol. The maximum atomic E-state index is 14.4. The molecule has 1 aromatic carbocycles. The highest BCUT2D eigenvalue weighted by Crippen LogP contribution is 2.40. The molecule has 0 aliphatic carbocycles. The molecule has 1 aliphatic rings. The predicted octanol–water partition coefficient (Wildman–Crippen LogP) is 1.89. The molecular weight excluding hydrogens is 341 g/mol. The van der Waals surface area contributed by atoms with Gasteiger partial charge in [-0.25, -0.2) is 9.18 Å². The second kappa shape index (κ2) is 6.97. The first-order valence-corrected chi connectivity index (χ1v) is 8.31. The monoisotopic (exact) mass is 361 g/mol. The predicted molar refractivity (Wildman–Crippen MR) is 92.6 cm³/mol.